The van der Waals surface area contributed by atoms with Crippen molar-refractivity contribution in [2.45, 2.75) is 25.2 Å². The predicted molar refractivity (Wildman–Crippen MR) is 116 cm³/mol. The molecule has 28 heavy (non-hydrogen) atoms. The van der Waals surface area contributed by atoms with Crippen molar-refractivity contribution in [2.24, 2.45) is 0 Å². The molecule has 5 nitrogen and oxygen atoms in total. The number of carbonyl (C=O) groups is 1. The number of aliphatic hydroxyl groups excluding tert-OH is 1. The number of rotatable bonds is 8. The molecule has 0 aromatic heterocycles. The highest BCUT2D eigenvalue weighted by molar-refractivity contribution is 7.99. The van der Waals surface area contributed by atoms with E-state index in [1.165, 1.54) is 0 Å². The Hall–Kier alpha value is -1.73. The van der Waals surface area contributed by atoms with Gasteiger partial charge in [0.1, 0.15) is 12.4 Å². The molecule has 2 aromatic carbocycles. The minimum Gasteiger partial charge on any atom is -0.489 e. The highest BCUT2D eigenvalue weighted by Crippen LogP contribution is 2.20. The lowest BCUT2D eigenvalue weighted by Gasteiger charge is -2.22. The summed E-state index contributed by atoms with van der Waals surface area (Å²) < 4.78 is 5.80. The van der Waals surface area contributed by atoms with Crippen LogP contribution in [-0.2, 0) is 11.4 Å². The standard InChI is InChI=1S/C21H26N2O3S.ClH/c24-20(13-23-21(25)12-18-15-27-10-9-22-18)17-7-4-8-19(11-17)26-14-16-5-2-1-3-6-16;/h1-8,11,18,20,22,24H,9-10,12-15H2,(H,23,25);1H. The largest absolute Gasteiger partial charge is 0.489 e. The minimum absolute atomic E-state index is 0. The number of carbonyl (C=O) groups excluding carboxylic acids is 1. The Morgan fingerprint density at radius 1 is 1.25 bits per heavy atom. The van der Waals surface area contributed by atoms with E-state index in [9.17, 15) is 9.90 Å². The maximum Gasteiger partial charge on any atom is 0.221 e. The lowest BCUT2D eigenvalue weighted by molar-refractivity contribution is -0.121. The average Bonchev–Trinajstić information content (AvgIpc) is 2.72. The number of nitrogens with one attached hydrogen (secondary N) is 2. The molecular weight excluding hydrogens is 396 g/mol. The van der Waals surface area contributed by atoms with Crippen molar-refractivity contribution in [2.75, 3.05) is 24.6 Å². The summed E-state index contributed by atoms with van der Waals surface area (Å²) in [6.07, 6.45) is -0.317. The lowest BCUT2D eigenvalue weighted by atomic mass is 10.1. The molecule has 1 heterocycles. The first-order valence-electron chi connectivity index (χ1n) is 9.23. The van der Waals surface area contributed by atoms with E-state index in [-0.39, 0.29) is 30.9 Å². The molecule has 0 bridgehead atoms. The summed E-state index contributed by atoms with van der Waals surface area (Å²) in [5.74, 6) is 2.71. The van der Waals surface area contributed by atoms with Crippen molar-refractivity contribution in [3.63, 3.8) is 0 Å². The molecule has 2 unspecified atom stereocenters. The summed E-state index contributed by atoms with van der Waals surface area (Å²) in [5, 5.41) is 16.6. The Bertz CT molecular complexity index is 727. The summed E-state index contributed by atoms with van der Waals surface area (Å²) >= 11 is 1.87. The fourth-order valence-electron chi connectivity index (χ4n) is 2.93. The molecule has 0 saturated carbocycles. The second-order valence-electron chi connectivity index (χ2n) is 6.60. The van der Waals surface area contributed by atoms with Crippen LogP contribution in [0.15, 0.2) is 54.6 Å². The van der Waals surface area contributed by atoms with Crippen LogP contribution in [0, 0.1) is 0 Å². The van der Waals surface area contributed by atoms with Crippen molar-refractivity contribution in [1.29, 1.82) is 0 Å². The Labute approximate surface area is 176 Å². The number of aliphatic hydroxyl groups is 1. The molecule has 1 saturated heterocycles. The molecule has 3 N–H and O–H groups in total. The van der Waals surface area contributed by atoms with Crippen molar-refractivity contribution in [1.82, 2.24) is 10.6 Å². The van der Waals surface area contributed by atoms with Gasteiger partial charge in [-0.3, -0.25) is 4.79 Å². The van der Waals surface area contributed by atoms with E-state index < -0.39 is 6.10 Å². The maximum absolute atomic E-state index is 12.1. The molecule has 1 amide bonds. The van der Waals surface area contributed by atoms with Crippen molar-refractivity contribution >= 4 is 30.1 Å². The van der Waals surface area contributed by atoms with Crippen LogP contribution < -0.4 is 15.4 Å². The van der Waals surface area contributed by atoms with E-state index in [0.717, 1.165) is 29.2 Å². The summed E-state index contributed by atoms with van der Waals surface area (Å²) in [6.45, 7) is 1.62. The molecule has 0 radical (unpaired) electrons. The summed E-state index contributed by atoms with van der Waals surface area (Å²) in [4.78, 5) is 12.1. The molecule has 0 aliphatic carbocycles. The third kappa shape index (κ3) is 7.36. The average molecular weight is 423 g/mol. The van der Waals surface area contributed by atoms with Gasteiger partial charge in [0.15, 0.2) is 0 Å². The zero-order valence-electron chi connectivity index (χ0n) is 15.7. The van der Waals surface area contributed by atoms with Gasteiger partial charge in [0.05, 0.1) is 6.10 Å². The van der Waals surface area contributed by atoms with Gasteiger partial charge in [-0.05, 0) is 23.3 Å². The Morgan fingerprint density at radius 2 is 2.07 bits per heavy atom. The van der Waals surface area contributed by atoms with E-state index >= 15 is 0 Å². The first-order valence-corrected chi connectivity index (χ1v) is 10.4. The monoisotopic (exact) mass is 422 g/mol. The van der Waals surface area contributed by atoms with Crippen LogP contribution in [-0.4, -0.2) is 41.7 Å². The second kappa shape index (κ2) is 12.0. The van der Waals surface area contributed by atoms with Crippen LogP contribution in [0.25, 0.3) is 0 Å². The topological polar surface area (TPSA) is 70.6 Å². The molecule has 2 atom stereocenters. The molecular formula is C21H27ClN2O3S. The number of hydrogen-bond acceptors (Lipinski definition) is 5. The Kier molecular flexibility index (Phi) is 9.64. The summed E-state index contributed by atoms with van der Waals surface area (Å²) in [7, 11) is 0. The smallest absolute Gasteiger partial charge is 0.221 e. The second-order valence-corrected chi connectivity index (χ2v) is 7.75. The molecule has 2 aromatic rings. The molecule has 152 valence electrons. The number of thioether (sulfide) groups is 1. The Morgan fingerprint density at radius 3 is 2.82 bits per heavy atom. The zero-order valence-corrected chi connectivity index (χ0v) is 17.3. The highest BCUT2D eigenvalue weighted by atomic mass is 35.5. The molecule has 1 fully saturated rings. The fourth-order valence-corrected chi connectivity index (χ4v) is 3.88. The van der Waals surface area contributed by atoms with Gasteiger partial charge in [-0.15, -0.1) is 12.4 Å². The van der Waals surface area contributed by atoms with Crippen molar-refractivity contribution in [3.8, 4) is 5.75 Å². The van der Waals surface area contributed by atoms with E-state index in [1.54, 1.807) is 0 Å². The first-order chi connectivity index (χ1) is 13.2. The van der Waals surface area contributed by atoms with Gasteiger partial charge in [-0.1, -0.05) is 42.5 Å². The first kappa shape index (κ1) is 22.6. The number of benzene rings is 2. The molecule has 0 spiro atoms. The predicted octanol–water partition coefficient (Wildman–Crippen LogP) is 2.93. The normalized spacial score (nSPS) is 17.2. The van der Waals surface area contributed by atoms with Crippen LogP contribution in [0.2, 0.25) is 0 Å². The highest BCUT2D eigenvalue weighted by Gasteiger charge is 2.17. The van der Waals surface area contributed by atoms with Crippen LogP contribution in [0.3, 0.4) is 0 Å². The lowest BCUT2D eigenvalue weighted by Crippen LogP contribution is -2.41. The van der Waals surface area contributed by atoms with E-state index in [1.807, 2.05) is 66.4 Å². The van der Waals surface area contributed by atoms with Gasteiger partial charge in [-0.2, -0.15) is 11.8 Å². The number of halogens is 1. The third-order valence-corrected chi connectivity index (χ3v) is 5.54. The van der Waals surface area contributed by atoms with Gasteiger partial charge >= 0.3 is 0 Å². The third-order valence-electron chi connectivity index (χ3n) is 4.41. The van der Waals surface area contributed by atoms with Gasteiger partial charge < -0.3 is 20.5 Å². The maximum atomic E-state index is 12.1. The van der Waals surface area contributed by atoms with Gasteiger partial charge in [0.2, 0.25) is 5.91 Å². The zero-order chi connectivity index (χ0) is 18.9. The summed E-state index contributed by atoms with van der Waals surface area (Å²) in [6, 6.07) is 17.5. The van der Waals surface area contributed by atoms with E-state index in [2.05, 4.69) is 10.6 Å². The van der Waals surface area contributed by atoms with Crippen LogP contribution in [0.4, 0.5) is 0 Å². The number of ether oxygens (including phenoxy) is 1. The quantitative estimate of drug-likeness (QED) is 0.610. The van der Waals surface area contributed by atoms with Gasteiger partial charge in [0.25, 0.3) is 0 Å². The molecule has 3 rings (SSSR count). The molecule has 1 aliphatic rings. The molecule has 1 aliphatic heterocycles. The number of amides is 1. The minimum atomic E-state index is -0.761. The molecule has 7 heteroatoms. The van der Waals surface area contributed by atoms with Crippen LogP contribution in [0.5, 0.6) is 5.75 Å². The number of hydrogen-bond donors (Lipinski definition) is 3. The summed E-state index contributed by atoms with van der Waals surface area (Å²) in [5.41, 5.74) is 1.82. The van der Waals surface area contributed by atoms with Crippen molar-refractivity contribution in [3.05, 3.63) is 65.7 Å². The SMILES string of the molecule is Cl.O=C(CC1CSCCN1)NCC(O)c1cccc(OCc2ccccc2)c1. The Balaban J connectivity index is 0.00000280. The van der Waals surface area contributed by atoms with E-state index in [4.69, 9.17) is 4.74 Å². The van der Waals surface area contributed by atoms with Crippen LogP contribution in [0.1, 0.15) is 23.7 Å². The van der Waals surface area contributed by atoms with Crippen LogP contribution >= 0.6 is 24.2 Å². The van der Waals surface area contributed by atoms with Gasteiger partial charge in [-0.25, -0.2) is 0 Å². The fraction of sp³-hybridized carbons (Fsp3) is 0.381. The van der Waals surface area contributed by atoms with E-state index in [0.29, 0.717) is 18.8 Å². The van der Waals surface area contributed by atoms with Crippen molar-refractivity contribution < 1.29 is 14.6 Å². The van der Waals surface area contributed by atoms with Gasteiger partial charge in [0, 0.05) is 37.1 Å².